The number of anilines is 5. The summed E-state index contributed by atoms with van der Waals surface area (Å²) in [7, 11) is 0. The van der Waals surface area contributed by atoms with Gasteiger partial charge in [-0.05, 0) is 96.3 Å². The van der Waals surface area contributed by atoms with Crippen LogP contribution in [0.2, 0.25) is 5.02 Å². The van der Waals surface area contributed by atoms with E-state index in [4.69, 9.17) is 57.0 Å². The number of aromatic hydroxyl groups is 1. The Morgan fingerprint density at radius 2 is 0.936 bits per heavy atom. The number of Topliss-reactive ketones (excluding diaryl/α,β-unsaturated/α-hetero) is 3. The zero-order chi connectivity index (χ0) is 67.2. The number of aromatic nitrogens is 3. The number of carbonyl (C=O) groups is 7. The van der Waals surface area contributed by atoms with Crippen LogP contribution in [0.3, 0.4) is 0 Å². The van der Waals surface area contributed by atoms with Crippen molar-refractivity contribution in [3.05, 3.63) is 226 Å². The Labute approximate surface area is 533 Å². The van der Waals surface area contributed by atoms with E-state index in [9.17, 15) is 55.5 Å². The molecule has 0 atom stereocenters. The third kappa shape index (κ3) is 16.8. The van der Waals surface area contributed by atoms with Crippen molar-refractivity contribution < 1.29 is 89.4 Å². The summed E-state index contributed by atoms with van der Waals surface area (Å²) in [5, 5.41) is 25.5. The van der Waals surface area contributed by atoms with Crippen LogP contribution in [0, 0.1) is 29.1 Å². The number of pyridine rings is 3. The van der Waals surface area contributed by atoms with Gasteiger partial charge in [-0.3, -0.25) is 28.8 Å². The number of nitrogens with one attached hydrogen (secondary N) is 3. The molecule has 0 unspecified atom stereocenters. The Morgan fingerprint density at radius 3 is 1.40 bits per heavy atom. The molecule has 6 heterocycles. The maximum absolute atomic E-state index is 14.8. The Morgan fingerprint density at radius 1 is 0.511 bits per heavy atom. The number of carboxylic acids is 1. The van der Waals surface area contributed by atoms with Crippen molar-refractivity contribution in [2.75, 3.05) is 47.2 Å². The van der Waals surface area contributed by atoms with E-state index in [0.29, 0.717) is 68.6 Å². The number of fused-ring (bicyclic) bond motifs is 3. The molecule has 3 amide bonds. The zero-order valence-electron chi connectivity index (χ0n) is 48.4. The summed E-state index contributed by atoms with van der Waals surface area (Å²) in [6.07, 6.45) is 11.1. The highest BCUT2D eigenvalue weighted by molar-refractivity contribution is 6.39. The fourth-order valence-corrected chi connectivity index (χ4v) is 9.06. The van der Waals surface area contributed by atoms with Crippen LogP contribution in [-0.4, -0.2) is 86.0 Å². The lowest BCUT2D eigenvalue weighted by atomic mass is 9.88. The van der Waals surface area contributed by atoms with Gasteiger partial charge in [0.1, 0.15) is 17.2 Å². The Bertz CT molecular complexity index is 4450. The van der Waals surface area contributed by atoms with Crippen molar-refractivity contribution in [3.8, 4) is 46.0 Å². The van der Waals surface area contributed by atoms with E-state index in [1.165, 1.54) is 128 Å². The highest BCUT2D eigenvalue weighted by atomic mass is 35.5. The number of phenolic OH excluding ortho intramolecular Hbond substituents is 1. The van der Waals surface area contributed by atoms with E-state index in [-0.39, 0.29) is 107 Å². The number of ketones is 3. The molecule has 0 spiro atoms. The molecule has 0 saturated carbocycles. The van der Waals surface area contributed by atoms with E-state index in [0.717, 1.165) is 18.2 Å². The monoisotopic (exact) mass is 1310 g/mol. The molecule has 13 rings (SSSR count). The Balaban J connectivity index is 0.000000151. The van der Waals surface area contributed by atoms with E-state index in [2.05, 4.69) is 30.9 Å². The number of nitrogen functional groups attached to an aromatic ring is 2. The minimum Gasteiger partial charge on any atom is -0.505 e. The molecule has 22 nitrogen and oxygen atoms in total. The number of halogens is 6. The average Bonchev–Trinajstić information content (AvgIpc) is 0.948. The number of nitrogens with zero attached hydrogens (tertiary/aromatic N) is 3. The van der Waals surface area contributed by atoms with Crippen molar-refractivity contribution in [2.24, 2.45) is 0 Å². The predicted molar refractivity (Wildman–Crippen MR) is 330 cm³/mol. The first-order chi connectivity index (χ1) is 45.1. The largest absolute Gasteiger partial charge is 0.505 e. The number of ether oxygens (including phenoxy) is 5. The van der Waals surface area contributed by atoms with Crippen molar-refractivity contribution >= 4 is 92.6 Å². The standard InChI is InChI=1S/C27H18F2N2O5.C13H10FN3O3.C13H9FO3.C7H5ClN2O2.C6H6FNO/c28-17-7-5-16(6-8-17)18-2-1-3-19(25(18)34)21(32)13-15-4-9-22(20(29)12-15)36-23-10-11-30-27-26(23)35-14-24(33)31-27;14-8-5-7(15)1-2-9(8)20-10-3-4-16-13-12(10)19-6-11(18)17-13;14-9-6-4-8(5-7-9)10-2-1-3-11(12(10)15)13(16)17;8-4-1-2-9-7-6(4)12-3-5(11)10-7;7-5-3-4(8)1-2-6(5)9/h2-12H,1,13-14H2,(H,30,31,33);1-5H,6,15H2,(H,16,17,18);2-7H,1H2,(H,16,17);1-2H,3H2,(H,9,10,11);1-3,9H,8H2. The maximum atomic E-state index is 14.8. The molecule has 3 aliphatic heterocycles. The number of benzene rings is 5. The van der Waals surface area contributed by atoms with Crippen molar-refractivity contribution in [1.29, 1.82) is 0 Å². The first kappa shape index (κ1) is 66.2. The first-order valence-electron chi connectivity index (χ1n) is 27.6. The Kier molecular flexibility index (Phi) is 21.1. The number of hydrogen-bond donors (Lipinski definition) is 7. The molecule has 8 aromatic rings. The topological polar surface area (TPSA) is 333 Å². The summed E-state index contributed by atoms with van der Waals surface area (Å²) in [4.78, 5) is 93.8. The zero-order valence-corrected chi connectivity index (χ0v) is 49.1. The minimum atomic E-state index is -1.23. The van der Waals surface area contributed by atoms with Gasteiger partial charge in [0, 0.05) is 71.8 Å². The average molecular weight is 1310 g/mol. The van der Waals surface area contributed by atoms with E-state index < -0.39 is 52.4 Å². The van der Waals surface area contributed by atoms with Gasteiger partial charge >= 0.3 is 5.97 Å². The van der Waals surface area contributed by atoms with Gasteiger partial charge in [-0.2, -0.15) is 0 Å². The van der Waals surface area contributed by atoms with Crippen LogP contribution in [0.25, 0.3) is 11.1 Å². The molecular formula is C66H48ClF5N8O14. The fraction of sp³-hybridized carbons (Fsp3) is 0.0909. The second-order valence-corrected chi connectivity index (χ2v) is 20.3. The lowest BCUT2D eigenvalue weighted by Gasteiger charge is -2.19. The van der Waals surface area contributed by atoms with E-state index in [1.54, 1.807) is 18.2 Å². The fourth-order valence-electron chi connectivity index (χ4n) is 8.86. The van der Waals surface area contributed by atoms with Crippen LogP contribution >= 0.6 is 11.6 Å². The SMILES string of the molecule is Nc1ccc(O)c(F)c1.Nc1ccc(Oc2ccnc3c2OCC(=O)N3)c(F)c1.O=C(O)C1=CCC=C(c2ccc(F)cc2)C1=O.O=C1COc2c(Cl)ccnc2N1.O=C1COc2c(Oc3ccc(CC(=O)C4=CCC=C(c5ccc(F)cc5)C4=O)cc3F)ccnc2N1. The summed E-state index contributed by atoms with van der Waals surface area (Å²) in [6, 6.07) is 27.3. The highest BCUT2D eigenvalue weighted by Gasteiger charge is 2.28. The normalized spacial score (nSPS) is 14.0. The molecule has 94 heavy (non-hydrogen) atoms. The summed E-state index contributed by atoms with van der Waals surface area (Å²) >= 11 is 5.77. The van der Waals surface area contributed by atoms with Crippen molar-refractivity contribution in [2.45, 2.75) is 19.3 Å². The molecule has 0 fully saturated rings. The number of allylic oxidation sites excluding steroid dienone is 7. The quantitative estimate of drug-likeness (QED) is 0.0289. The van der Waals surface area contributed by atoms with Gasteiger partial charge in [-0.15, -0.1) is 0 Å². The van der Waals surface area contributed by atoms with E-state index >= 15 is 0 Å². The number of amides is 3. The molecule has 0 saturated heterocycles. The summed E-state index contributed by atoms with van der Waals surface area (Å²) in [5.74, 6) is -4.71. The second kappa shape index (κ2) is 30.0. The maximum Gasteiger partial charge on any atom is 0.339 e. The van der Waals surface area contributed by atoms with Crippen LogP contribution in [-0.2, 0) is 40.0 Å². The third-order valence-electron chi connectivity index (χ3n) is 13.2. The number of rotatable bonds is 10. The molecule has 3 aromatic heterocycles. The number of aliphatic carboxylic acids is 1. The smallest absolute Gasteiger partial charge is 0.339 e. The molecule has 5 aromatic carbocycles. The van der Waals surface area contributed by atoms with Crippen LogP contribution in [0.1, 0.15) is 29.5 Å². The molecule has 9 N–H and O–H groups in total. The van der Waals surface area contributed by atoms with Crippen LogP contribution in [0.5, 0.6) is 46.0 Å². The van der Waals surface area contributed by atoms with E-state index in [1.807, 2.05) is 0 Å². The number of nitrogens with two attached hydrogens (primary N) is 2. The number of carboxylic acid groups (broad SMARTS) is 1. The van der Waals surface area contributed by atoms with Crippen molar-refractivity contribution in [1.82, 2.24) is 15.0 Å². The predicted octanol–water partition coefficient (Wildman–Crippen LogP) is 10.9. The van der Waals surface area contributed by atoms with Crippen molar-refractivity contribution in [3.63, 3.8) is 0 Å². The molecular weight excluding hydrogens is 1260 g/mol. The molecule has 2 aliphatic carbocycles. The summed E-state index contributed by atoms with van der Waals surface area (Å²) in [5.41, 5.74) is 13.1. The molecule has 478 valence electrons. The van der Waals surface area contributed by atoms with Gasteiger partial charge in [-0.25, -0.2) is 41.7 Å². The third-order valence-corrected chi connectivity index (χ3v) is 13.5. The molecule has 28 heteroatoms. The molecule has 5 aliphatic rings. The van der Waals surface area contributed by atoms with Crippen LogP contribution in [0.15, 0.2) is 175 Å². The lowest BCUT2D eigenvalue weighted by Crippen LogP contribution is -2.26. The lowest BCUT2D eigenvalue weighted by molar-refractivity contribution is -0.134. The van der Waals surface area contributed by atoms with Gasteiger partial charge in [0.25, 0.3) is 17.7 Å². The van der Waals surface area contributed by atoms with Gasteiger partial charge in [0.2, 0.25) is 11.5 Å². The molecule has 0 radical (unpaired) electrons. The van der Waals surface area contributed by atoms with Crippen LogP contribution in [0.4, 0.5) is 50.8 Å². The molecule has 0 bridgehead atoms. The van der Waals surface area contributed by atoms with Gasteiger partial charge < -0.3 is 61.3 Å². The minimum absolute atomic E-state index is 0.00157. The number of phenols is 1. The van der Waals surface area contributed by atoms with Gasteiger partial charge in [-0.1, -0.05) is 66.2 Å². The summed E-state index contributed by atoms with van der Waals surface area (Å²) < 4.78 is 93.5. The van der Waals surface area contributed by atoms with Gasteiger partial charge in [0.15, 0.2) is 107 Å². The van der Waals surface area contributed by atoms with Crippen LogP contribution < -0.4 is 51.1 Å². The number of hydrogen-bond acceptors (Lipinski definition) is 18. The van der Waals surface area contributed by atoms with Gasteiger partial charge in [0.05, 0.1) is 10.6 Å². The number of carbonyl (C=O) groups excluding carboxylic acids is 6. The highest BCUT2D eigenvalue weighted by Crippen LogP contribution is 2.41. The second-order valence-electron chi connectivity index (χ2n) is 19.8. The summed E-state index contributed by atoms with van der Waals surface area (Å²) in [6.45, 7) is -0.358. The Hall–Kier alpha value is -12.3. The first-order valence-corrected chi connectivity index (χ1v) is 28.0.